The summed E-state index contributed by atoms with van der Waals surface area (Å²) in [5, 5.41) is 8.98. The first-order chi connectivity index (χ1) is 12.7. The van der Waals surface area contributed by atoms with Gasteiger partial charge in [0, 0.05) is 38.3 Å². The number of rotatable bonds is 5. The Labute approximate surface area is 154 Å². The van der Waals surface area contributed by atoms with Crippen LogP contribution >= 0.6 is 0 Å². The van der Waals surface area contributed by atoms with Gasteiger partial charge in [-0.1, -0.05) is 24.3 Å². The highest BCUT2D eigenvalue weighted by Crippen LogP contribution is 2.16. The first kappa shape index (κ1) is 18.0. The van der Waals surface area contributed by atoms with Crippen molar-refractivity contribution in [3.05, 3.63) is 65.2 Å². The fraction of sp³-hybridized carbons (Fsp3) is 0.333. The van der Waals surface area contributed by atoms with Crippen LogP contribution in [-0.4, -0.2) is 55.0 Å². The van der Waals surface area contributed by atoms with E-state index in [1.54, 1.807) is 24.3 Å². The van der Waals surface area contributed by atoms with Crippen molar-refractivity contribution in [3.8, 4) is 11.8 Å². The Kier molecular flexibility index (Phi) is 5.88. The van der Waals surface area contributed by atoms with Gasteiger partial charge in [0.2, 0.25) is 0 Å². The summed E-state index contributed by atoms with van der Waals surface area (Å²) in [6.45, 7) is 6.59. The lowest BCUT2D eigenvalue weighted by molar-refractivity contribution is 0.0620. The second kappa shape index (κ2) is 8.50. The van der Waals surface area contributed by atoms with E-state index in [0.29, 0.717) is 30.8 Å². The zero-order valence-electron chi connectivity index (χ0n) is 15.0. The Morgan fingerprint density at radius 3 is 2.62 bits per heavy atom. The topological polar surface area (TPSA) is 56.6 Å². The molecular formula is C21H23N3O2. The van der Waals surface area contributed by atoms with Gasteiger partial charge in [0.15, 0.2) is 0 Å². The molecule has 1 aliphatic heterocycles. The number of hydrogen-bond donors (Lipinski definition) is 0. The summed E-state index contributed by atoms with van der Waals surface area (Å²) in [6.07, 6.45) is 0. The van der Waals surface area contributed by atoms with Crippen LogP contribution in [0.1, 0.15) is 21.5 Å². The third-order valence-corrected chi connectivity index (χ3v) is 4.66. The lowest BCUT2D eigenvalue weighted by Gasteiger charge is -2.34. The highest BCUT2D eigenvalue weighted by molar-refractivity contribution is 5.94. The summed E-state index contributed by atoms with van der Waals surface area (Å²) < 4.78 is 5.86. The van der Waals surface area contributed by atoms with Crippen molar-refractivity contribution in [2.24, 2.45) is 0 Å². The molecule has 0 unspecified atom stereocenters. The number of amides is 1. The molecule has 2 aromatic rings. The van der Waals surface area contributed by atoms with E-state index in [4.69, 9.17) is 10.00 Å². The Morgan fingerprint density at radius 2 is 1.88 bits per heavy atom. The molecule has 0 spiro atoms. The van der Waals surface area contributed by atoms with Gasteiger partial charge < -0.3 is 9.64 Å². The number of nitriles is 1. The fourth-order valence-corrected chi connectivity index (χ4v) is 3.08. The van der Waals surface area contributed by atoms with Crippen molar-refractivity contribution in [1.82, 2.24) is 9.80 Å². The van der Waals surface area contributed by atoms with E-state index < -0.39 is 0 Å². The van der Waals surface area contributed by atoms with Gasteiger partial charge in [-0.3, -0.25) is 9.69 Å². The molecule has 0 atom stereocenters. The monoisotopic (exact) mass is 349 g/mol. The van der Waals surface area contributed by atoms with E-state index in [1.165, 1.54) is 0 Å². The number of benzene rings is 2. The summed E-state index contributed by atoms with van der Waals surface area (Å²) in [5.41, 5.74) is 2.24. The summed E-state index contributed by atoms with van der Waals surface area (Å²) in [7, 11) is 0. The number of aryl methyl sites for hydroxylation is 1. The zero-order chi connectivity index (χ0) is 18.4. The van der Waals surface area contributed by atoms with E-state index in [1.807, 2.05) is 36.1 Å². The second-order valence-electron chi connectivity index (χ2n) is 6.44. The van der Waals surface area contributed by atoms with Gasteiger partial charge >= 0.3 is 0 Å². The van der Waals surface area contributed by atoms with Gasteiger partial charge in [-0.2, -0.15) is 5.26 Å². The SMILES string of the molecule is Cc1ccccc1OCCN1CCN(C(=O)c2cccc(C#N)c2)CC1. The average Bonchev–Trinajstić information content (AvgIpc) is 2.69. The highest BCUT2D eigenvalue weighted by Gasteiger charge is 2.22. The Balaban J connectivity index is 1.46. The smallest absolute Gasteiger partial charge is 0.253 e. The summed E-state index contributed by atoms with van der Waals surface area (Å²) in [4.78, 5) is 16.8. The lowest BCUT2D eigenvalue weighted by Crippen LogP contribution is -2.49. The number of hydrogen-bond acceptors (Lipinski definition) is 4. The van der Waals surface area contributed by atoms with Gasteiger partial charge in [0.1, 0.15) is 12.4 Å². The molecule has 26 heavy (non-hydrogen) atoms. The van der Waals surface area contributed by atoms with Gasteiger partial charge in [0.05, 0.1) is 11.6 Å². The molecule has 0 bridgehead atoms. The molecule has 5 nitrogen and oxygen atoms in total. The molecule has 3 rings (SSSR count). The number of para-hydroxylation sites is 1. The third kappa shape index (κ3) is 4.41. The van der Waals surface area contributed by atoms with Crippen molar-refractivity contribution in [3.63, 3.8) is 0 Å². The first-order valence-electron chi connectivity index (χ1n) is 8.87. The maximum atomic E-state index is 12.6. The molecule has 5 heteroatoms. The quantitative estimate of drug-likeness (QED) is 0.833. The van der Waals surface area contributed by atoms with E-state index in [2.05, 4.69) is 11.0 Å². The molecule has 2 aromatic carbocycles. The molecule has 0 saturated carbocycles. The molecule has 0 aliphatic carbocycles. The van der Waals surface area contributed by atoms with Crippen LogP contribution in [0.2, 0.25) is 0 Å². The first-order valence-corrected chi connectivity index (χ1v) is 8.87. The number of ether oxygens (including phenoxy) is 1. The summed E-state index contributed by atoms with van der Waals surface area (Å²) >= 11 is 0. The largest absolute Gasteiger partial charge is 0.492 e. The van der Waals surface area contributed by atoms with Crippen molar-refractivity contribution < 1.29 is 9.53 Å². The van der Waals surface area contributed by atoms with Crippen LogP contribution in [0.5, 0.6) is 5.75 Å². The number of piperazine rings is 1. The molecule has 0 aromatic heterocycles. The normalized spacial score (nSPS) is 14.7. The Morgan fingerprint density at radius 1 is 1.12 bits per heavy atom. The van der Waals surface area contributed by atoms with Crippen LogP contribution in [0.4, 0.5) is 0 Å². The predicted octanol–water partition coefficient (Wildman–Crippen LogP) is 2.70. The molecule has 0 radical (unpaired) electrons. The van der Waals surface area contributed by atoms with Crippen molar-refractivity contribution >= 4 is 5.91 Å². The average molecular weight is 349 g/mol. The van der Waals surface area contributed by atoms with Crippen LogP contribution in [0, 0.1) is 18.3 Å². The minimum Gasteiger partial charge on any atom is -0.492 e. The van der Waals surface area contributed by atoms with Gasteiger partial charge in [-0.25, -0.2) is 0 Å². The predicted molar refractivity (Wildman–Crippen MR) is 100 cm³/mol. The maximum absolute atomic E-state index is 12.6. The Bertz CT molecular complexity index is 805. The lowest BCUT2D eigenvalue weighted by atomic mass is 10.1. The van der Waals surface area contributed by atoms with E-state index in [9.17, 15) is 4.79 Å². The van der Waals surface area contributed by atoms with Crippen LogP contribution in [0.15, 0.2) is 48.5 Å². The van der Waals surface area contributed by atoms with Gasteiger partial charge in [-0.15, -0.1) is 0 Å². The van der Waals surface area contributed by atoms with Crippen molar-refractivity contribution in [2.75, 3.05) is 39.3 Å². The van der Waals surface area contributed by atoms with Crippen molar-refractivity contribution in [1.29, 1.82) is 5.26 Å². The standard InChI is InChI=1S/C21H23N3O2/c1-17-5-2-3-8-20(17)26-14-13-23-9-11-24(12-10-23)21(25)19-7-4-6-18(15-19)16-22/h2-8,15H,9-14H2,1H3. The molecule has 1 amide bonds. The number of nitrogens with zero attached hydrogens (tertiary/aromatic N) is 3. The van der Waals surface area contributed by atoms with Gasteiger partial charge in [-0.05, 0) is 36.8 Å². The van der Waals surface area contributed by atoms with Crippen LogP contribution < -0.4 is 4.74 Å². The van der Waals surface area contributed by atoms with E-state index in [0.717, 1.165) is 30.9 Å². The third-order valence-electron chi connectivity index (χ3n) is 4.66. The molecule has 1 fully saturated rings. The molecule has 134 valence electrons. The molecule has 0 N–H and O–H groups in total. The van der Waals surface area contributed by atoms with E-state index >= 15 is 0 Å². The summed E-state index contributed by atoms with van der Waals surface area (Å²) in [5.74, 6) is 0.927. The number of carbonyl (C=O) groups is 1. The van der Waals surface area contributed by atoms with Crippen LogP contribution in [0.25, 0.3) is 0 Å². The minimum atomic E-state index is -0.00193. The fourth-order valence-electron chi connectivity index (χ4n) is 3.08. The minimum absolute atomic E-state index is 0.00193. The van der Waals surface area contributed by atoms with Crippen LogP contribution in [-0.2, 0) is 0 Å². The maximum Gasteiger partial charge on any atom is 0.253 e. The Hall–Kier alpha value is -2.84. The summed E-state index contributed by atoms with van der Waals surface area (Å²) in [6, 6.07) is 17.0. The molecule has 1 saturated heterocycles. The highest BCUT2D eigenvalue weighted by atomic mass is 16.5. The van der Waals surface area contributed by atoms with Gasteiger partial charge in [0.25, 0.3) is 5.91 Å². The second-order valence-corrected chi connectivity index (χ2v) is 6.44. The molecular weight excluding hydrogens is 326 g/mol. The van der Waals surface area contributed by atoms with Crippen molar-refractivity contribution in [2.45, 2.75) is 6.92 Å². The zero-order valence-corrected chi connectivity index (χ0v) is 15.0. The molecule has 1 heterocycles. The molecule has 1 aliphatic rings. The number of carbonyl (C=O) groups excluding carboxylic acids is 1. The van der Waals surface area contributed by atoms with E-state index in [-0.39, 0.29) is 5.91 Å². The van der Waals surface area contributed by atoms with Crippen LogP contribution in [0.3, 0.4) is 0 Å².